The summed E-state index contributed by atoms with van der Waals surface area (Å²) in [5.74, 6) is -0.833. The van der Waals surface area contributed by atoms with Gasteiger partial charge in [0, 0.05) is 11.0 Å². The summed E-state index contributed by atoms with van der Waals surface area (Å²) >= 11 is 3.35. The van der Waals surface area contributed by atoms with Crippen LogP contribution in [0, 0.1) is 0 Å². The Morgan fingerprint density at radius 1 is 1.64 bits per heavy atom. The van der Waals surface area contributed by atoms with Gasteiger partial charge in [0.25, 0.3) is 0 Å². The number of carbonyl (C=O) groups is 1. The van der Waals surface area contributed by atoms with Gasteiger partial charge in [0.2, 0.25) is 0 Å². The Kier molecular flexibility index (Phi) is 4.10. The summed E-state index contributed by atoms with van der Waals surface area (Å²) in [6.45, 7) is 2.19. The van der Waals surface area contributed by atoms with E-state index in [2.05, 4.69) is 21.2 Å². The molecule has 0 saturated carbocycles. The molecule has 76 valence electrons. The Bertz CT molecular complexity index is 328. The summed E-state index contributed by atoms with van der Waals surface area (Å²) < 4.78 is 1.000. The van der Waals surface area contributed by atoms with Crippen molar-refractivity contribution in [1.29, 1.82) is 0 Å². The molecule has 0 fully saturated rings. The maximum atomic E-state index is 10.5. The molecule has 0 bridgehead atoms. The van der Waals surface area contributed by atoms with Gasteiger partial charge in [0.05, 0.1) is 0 Å². The summed E-state index contributed by atoms with van der Waals surface area (Å²) in [6.07, 6.45) is 0. The average Bonchev–Trinajstić information content (AvgIpc) is 2.14. The second kappa shape index (κ2) is 5.12. The van der Waals surface area contributed by atoms with Crippen LogP contribution in [-0.2, 0) is 11.3 Å². The van der Waals surface area contributed by atoms with Crippen LogP contribution in [0.25, 0.3) is 0 Å². The number of carboxylic acids is 1. The van der Waals surface area contributed by atoms with Crippen molar-refractivity contribution in [3.63, 3.8) is 0 Å². The molecular formula is C10H12BrNO2. The minimum atomic E-state index is -0.833. The molecule has 0 heterocycles. The zero-order valence-electron chi connectivity index (χ0n) is 7.83. The van der Waals surface area contributed by atoms with Gasteiger partial charge in [0.15, 0.2) is 0 Å². The maximum Gasteiger partial charge on any atom is 0.320 e. The molecular weight excluding hydrogens is 246 g/mol. The molecule has 3 nitrogen and oxygen atoms in total. The van der Waals surface area contributed by atoms with E-state index < -0.39 is 12.0 Å². The fraction of sp³-hybridized carbons (Fsp3) is 0.300. The molecule has 14 heavy (non-hydrogen) atoms. The highest BCUT2D eigenvalue weighted by Crippen LogP contribution is 2.11. The van der Waals surface area contributed by atoms with Crippen molar-refractivity contribution in [3.05, 3.63) is 34.3 Å². The van der Waals surface area contributed by atoms with Gasteiger partial charge in [-0.15, -0.1) is 0 Å². The topological polar surface area (TPSA) is 49.3 Å². The summed E-state index contributed by atoms with van der Waals surface area (Å²) in [5.41, 5.74) is 1.06. The molecule has 0 saturated heterocycles. The molecule has 0 radical (unpaired) electrons. The van der Waals surface area contributed by atoms with Gasteiger partial charge in [-0.2, -0.15) is 0 Å². The largest absolute Gasteiger partial charge is 0.480 e. The Labute approximate surface area is 91.3 Å². The third-order valence-electron chi connectivity index (χ3n) is 1.87. The average molecular weight is 258 g/mol. The summed E-state index contributed by atoms with van der Waals surface area (Å²) in [5, 5.41) is 11.5. The molecule has 0 spiro atoms. The Morgan fingerprint density at radius 3 is 2.93 bits per heavy atom. The number of aliphatic carboxylic acids is 1. The molecule has 1 aromatic rings. The minimum Gasteiger partial charge on any atom is -0.480 e. The third-order valence-corrected chi connectivity index (χ3v) is 2.37. The predicted octanol–water partition coefficient (Wildman–Crippen LogP) is 2.01. The first-order valence-electron chi connectivity index (χ1n) is 4.30. The smallest absolute Gasteiger partial charge is 0.320 e. The normalized spacial score (nSPS) is 12.4. The van der Waals surface area contributed by atoms with Crippen molar-refractivity contribution >= 4 is 21.9 Å². The van der Waals surface area contributed by atoms with Crippen LogP contribution in [0.4, 0.5) is 0 Å². The molecule has 0 aliphatic rings. The number of rotatable bonds is 4. The fourth-order valence-electron chi connectivity index (χ4n) is 1.01. The molecule has 0 amide bonds. The Morgan fingerprint density at radius 2 is 2.36 bits per heavy atom. The maximum absolute atomic E-state index is 10.5. The number of carboxylic acid groups (broad SMARTS) is 1. The highest BCUT2D eigenvalue weighted by molar-refractivity contribution is 9.10. The van der Waals surface area contributed by atoms with Crippen LogP contribution in [0.2, 0.25) is 0 Å². The monoisotopic (exact) mass is 257 g/mol. The minimum absolute atomic E-state index is 0.519. The first kappa shape index (κ1) is 11.2. The van der Waals surface area contributed by atoms with Crippen LogP contribution < -0.4 is 5.32 Å². The molecule has 0 unspecified atom stereocenters. The van der Waals surface area contributed by atoms with Crippen molar-refractivity contribution in [2.24, 2.45) is 0 Å². The van der Waals surface area contributed by atoms with E-state index in [0.717, 1.165) is 10.0 Å². The lowest BCUT2D eigenvalue weighted by molar-refractivity contribution is -0.139. The molecule has 1 atom stereocenters. The number of halogens is 1. The SMILES string of the molecule is C[C@H](NCc1cccc(Br)c1)C(=O)O. The number of nitrogens with one attached hydrogen (secondary N) is 1. The second-order valence-corrected chi connectivity index (χ2v) is 3.99. The first-order valence-corrected chi connectivity index (χ1v) is 5.09. The molecule has 0 aliphatic heterocycles. The Balaban J connectivity index is 2.49. The third kappa shape index (κ3) is 3.47. The highest BCUT2D eigenvalue weighted by atomic mass is 79.9. The van der Waals surface area contributed by atoms with E-state index in [0.29, 0.717) is 6.54 Å². The van der Waals surface area contributed by atoms with Gasteiger partial charge in [-0.25, -0.2) is 0 Å². The lowest BCUT2D eigenvalue weighted by atomic mass is 10.2. The van der Waals surface area contributed by atoms with E-state index in [-0.39, 0.29) is 0 Å². The highest BCUT2D eigenvalue weighted by Gasteiger charge is 2.08. The van der Waals surface area contributed by atoms with Crippen molar-refractivity contribution < 1.29 is 9.90 Å². The first-order chi connectivity index (χ1) is 6.59. The van der Waals surface area contributed by atoms with E-state index in [4.69, 9.17) is 5.11 Å². The van der Waals surface area contributed by atoms with Crippen LogP contribution in [-0.4, -0.2) is 17.1 Å². The summed E-state index contributed by atoms with van der Waals surface area (Å²) in [6, 6.07) is 7.25. The van der Waals surface area contributed by atoms with Crippen LogP contribution in [0.5, 0.6) is 0 Å². The van der Waals surface area contributed by atoms with Gasteiger partial charge in [-0.3, -0.25) is 4.79 Å². The zero-order chi connectivity index (χ0) is 10.6. The van der Waals surface area contributed by atoms with Crippen molar-refractivity contribution in [2.45, 2.75) is 19.5 Å². The lowest BCUT2D eigenvalue weighted by Crippen LogP contribution is -2.33. The van der Waals surface area contributed by atoms with Crippen LogP contribution >= 0.6 is 15.9 Å². The van der Waals surface area contributed by atoms with Crippen molar-refractivity contribution in [2.75, 3.05) is 0 Å². The quantitative estimate of drug-likeness (QED) is 0.868. The van der Waals surface area contributed by atoms with Crippen LogP contribution in [0.3, 0.4) is 0 Å². The summed E-state index contributed by atoms with van der Waals surface area (Å²) in [7, 11) is 0. The fourth-order valence-corrected chi connectivity index (χ4v) is 1.45. The van der Waals surface area contributed by atoms with Gasteiger partial charge in [-0.05, 0) is 24.6 Å². The molecule has 4 heteroatoms. The van der Waals surface area contributed by atoms with Gasteiger partial charge >= 0.3 is 5.97 Å². The molecule has 1 aromatic carbocycles. The lowest BCUT2D eigenvalue weighted by Gasteiger charge is -2.08. The molecule has 1 rings (SSSR count). The number of hydrogen-bond donors (Lipinski definition) is 2. The zero-order valence-corrected chi connectivity index (χ0v) is 9.41. The van der Waals surface area contributed by atoms with Crippen molar-refractivity contribution in [1.82, 2.24) is 5.32 Å². The predicted molar refractivity (Wildman–Crippen MR) is 58.1 cm³/mol. The number of benzene rings is 1. The molecule has 0 aliphatic carbocycles. The number of hydrogen-bond acceptors (Lipinski definition) is 2. The van der Waals surface area contributed by atoms with E-state index in [9.17, 15) is 4.79 Å². The standard InChI is InChI=1S/C10H12BrNO2/c1-7(10(13)14)12-6-8-3-2-4-9(11)5-8/h2-5,7,12H,6H2,1H3,(H,13,14)/t7-/m0/s1. The van der Waals surface area contributed by atoms with Crippen molar-refractivity contribution in [3.8, 4) is 0 Å². The second-order valence-electron chi connectivity index (χ2n) is 3.07. The molecule has 0 aromatic heterocycles. The molecule has 2 N–H and O–H groups in total. The summed E-state index contributed by atoms with van der Waals surface area (Å²) in [4.78, 5) is 10.5. The van der Waals surface area contributed by atoms with E-state index in [1.807, 2.05) is 24.3 Å². The van der Waals surface area contributed by atoms with Crippen LogP contribution in [0.1, 0.15) is 12.5 Å². The van der Waals surface area contributed by atoms with Crippen LogP contribution in [0.15, 0.2) is 28.7 Å². The Hall–Kier alpha value is -0.870. The van der Waals surface area contributed by atoms with E-state index in [1.165, 1.54) is 0 Å². The van der Waals surface area contributed by atoms with E-state index in [1.54, 1.807) is 6.92 Å². The van der Waals surface area contributed by atoms with Gasteiger partial charge < -0.3 is 10.4 Å². The van der Waals surface area contributed by atoms with Gasteiger partial charge in [0.1, 0.15) is 6.04 Å². The van der Waals surface area contributed by atoms with Gasteiger partial charge in [-0.1, -0.05) is 28.1 Å². The van der Waals surface area contributed by atoms with E-state index >= 15 is 0 Å².